The van der Waals surface area contributed by atoms with Crippen LogP contribution in [0.3, 0.4) is 0 Å². The van der Waals surface area contributed by atoms with Crippen molar-refractivity contribution in [3.8, 4) is 6.07 Å². The number of rotatable bonds is 0. The number of aromatic amines is 2. The van der Waals surface area contributed by atoms with Crippen molar-refractivity contribution in [2.24, 2.45) is 0 Å². The summed E-state index contributed by atoms with van der Waals surface area (Å²) in [6.45, 7) is 0. The number of hydrogen-bond donors (Lipinski definition) is 2. The second-order valence-electron chi connectivity index (χ2n) is 2.28. The third-order valence-electron chi connectivity index (χ3n) is 1.49. The van der Waals surface area contributed by atoms with Gasteiger partial charge in [-0.15, -0.1) is 0 Å². The van der Waals surface area contributed by atoms with Gasteiger partial charge in [0.2, 0.25) is 0 Å². The molecule has 0 unspecified atom stereocenters. The summed E-state index contributed by atoms with van der Waals surface area (Å²) in [5, 5.41) is 8.49. The van der Waals surface area contributed by atoms with Crippen LogP contribution in [-0.2, 0) is 0 Å². The molecule has 0 saturated carbocycles. The Labute approximate surface area is 66.7 Å². The zero-order valence-electron chi connectivity index (χ0n) is 5.96. The fourth-order valence-electron chi connectivity index (χ4n) is 0.979. The number of pyridine rings is 1. The fourth-order valence-corrected chi connectivity index (χ4v) is 0.979. The highest BCUT2D eigenvalue weighted by Crippen LogP contribution is 2.03. The molecule has 0 bridgehead atoms. The van der Waals surface area contributed by atoms with Crippen LogP contribution in [-0.4, -0.2) is 15.0 Å². The molecule has 0 aliphatic carbocycles. The molecule has 0 saturated heterocycles. The van der Waals surface area contributed by atoms with Gasteiger partial charge in [0.1, 0.15) is 11.8 Å². The van der Waals surface area contributed by atoms with E-state index < -0.39 is 0 Å². The summed E-state index contributed by atoms with van der Waals surface area (Å²) >= 11 is 0. The summed E-state index contributed by atoms with van der Waals surface area (Å²) in [4.78, 5) is 19.6. The molecule has 0 fully saturated rings. The lowest BCUT2D eigenvalue weighted by atomic mass is 10.3. The third-order valence-corrected chi connectivity index (χ3v) is 1.49. The Balaban J connectivity index is 2.85. The largest absolute Gasteiger partial charge is 0.325 e. The van der Waals surface area contributed by atoms with E-state index in [1.54, 1.807) is 12.1 Å². The standard InChI is InChI=1S/C7H4N4O/c8-3-4-1-2-5-6(9-4)11-7(12)10-5/h1-2H,(H2,9,10,11,12). The highest BCUT2D eigenvalue weighted by molar-refractivity contribution is 5.70. The summed E-state index contributed by atoms with van der Waals surface area (Å²) in [6.07, 6.45) is 0. The van der Waals surface area contributed by atoms with Crippen LogP contribution in [0.25, 0.3) is 11.2 Å². The quantitative estimate of drug-likeness (QED) is 0.574. The summed E-state index contributed by atoms with van der Waals surface area (Å²) in [7, 11) is 0. The van der Waals surface area contributed by atoms with Gasteiger partial charge >= 0.3 is 5.69 Å². The van der Waals surface area contributed by atoms with Crippen molar-refractivity contribution < 1.29 is 0 Å². The van der Waals surface area contributed by atoms with E-state index in [4.69, 9.17) is 5.26 Å². The maximum absolute atomic E-state index is 10.8. The molecule has 5 heteroatoms. The van der Waals surface area contributed by atoms with E-state index >= 15 is 0 Å². The van der Waals surface area contributed by atoms with Gasteiger partial charge < -0.3 is 4.98 Å². The van der Waals surface area contributed by atoms with Crippen molar-refractivity contribution in [2.45, 2.75) is 0 Å². The predicted octanol–water partition coefficient (Wildman–Crippen LogP) is 0.123. The van der Waals surface area contributed by atoms with E-state index in [0.29, 0.717) is 11.2 Å². The van der Waals surface area contributed by atoms with Gasteiger partial charge in [-0.2, -0.15) is 5.26 Å². The molecular formula is C7H4N4O. The first kappa shape index (κ1) is 6.61. The minimum atomic E-state index is -0.312. The first-order valence-corrected chi connectivity index (χ1v) is 3.29. The van der Waals surface area contributed by atoms with E-state index in [9.17, 15) is 4.79 Å². The van der Waals surface area contributed by atoms with Crippen molar-refractivity contribution in [3.05, 3.63) is 28.3 Å². The van der Waals surface area contributed by atoms with Gasteiger partial charge in [-0.1, -0.05) is 0 Å². The number of nitriles is 1. The van der Waals surface area contributed by atoms with Crippen LogP contribution in [0.5, 0.6) is 0 Å². The van der Waals surface area contributed by atoms with Gasteiger partial charge in [0, 0.05) is 0 Å². The fraction of sp³-hybridized carbons (Fsp3) is 0. The maximum Gasteiger partial charge on any atom is 0.325 e. The van der Waals surface area contributed by atoms with Gasteiger partial charge in [-0.05, 0) is 12.1 Å². The highest BCUT2D eigenvalue weighted by atomic mass is 16.1. The number of H-pyrrole nitrogens is 2. The van der Waals surface area contributed by atoms with E-state index in [-0.39, 0.29) is 11.4 Å². The van der Waals surface area contributed by atoms with Gasteiger partial charge in [0.15, 0.2) is 5.65 Å². The molecule has 2 aromatic heterocycles. The smallest absolute Gasteiger partial charge is 0.304 e. The van der Waals surface area contributed by atoms with Gasteiger partial charge in [-0.3, -0.25) is 4.98 Å². The van der Waals surface area contributed by atoms with Gasteiger partial charge in [0.05, 0.1) is 5.52 Å². The Hall–Kier alpha value is -2.09. The van der Waals surface area contributed by atoms with Crippen LogP contribution in [0.4, 0.5) is 0 Å². The normalized spacial score (nSPS) is 9.92. The second kappa shape index (κ2) is 2.20. The van der Waals surface area contributed by atoms with E-state index in [0.717, 1.165) is 0 Å². The molecule has 5 nitrogen and oxygen atoms in total. The Morgan fingerprint density at radius 1 is 1.42 bits per heavy atom. The molecule has 0 atom stereocenters. The molecular weight excluding hydrogens is 156 g/mol. The molecule has 12 heavy (non-hydrogen) atoms. The number of nitrogens with one attached hydrogen (secondary N) is 2. The predicted molar refractivity (Wildman–Crippen MR) is 41.4 cm³/mol. The number of aromatic nitrogens is 3. The lowest BCUT2D eigenvalue weighted by molar-refractivity contribution is 1.19. The van der Waals surface area contributed by atoms with E-state index in [1.165, 1.54) is 0 Å². The minimum absolute atomic E-state index is 0.290. The average Bonchev–Trinajstić information content (AvgIpc) is 2.43. The molecule has 2 N–H and O–H groups in total. The van der Waals surface area contributed by atoms with Crippen LogP contribution < -0.4 is 5.69 Å². The molecule has 0 radical (unpaired) electrons. The topological polar surface area (TPSA) is 85.3 Å². The van der Waals surface area contributed by atoms with Crippen LogP contribution in [0.2, 0.25) is 0 Å². The number of imidazole rings is 1. The summed E-state index contributed by atoms with van der Waals surface area (Å²) in [5.41, 5.74) is 1.00. The molecule has 0 aliphatic rings. The van der Waals surface area contributed by atoms with Gasteiger partial charge in [-0.25, -0.2) is 9.78 Å². The number of fused-ring (bicyclic) bond motifs is 1. The first-order chi connectivity index (χ1) is 5.79. The molecule has 2 heterocycles. The van der Waals surface area contributed by atoms with Crippen molar-refractivity contribution in [1.29, 1.82) is 5.26 Å². The maximum atomic E-state index is 10.8. The Kier molecular flexibility index (Phi) is 1.21. The molecule has 0 aliphatic heterocycles. The molecule has 0 spiro atoms. The summed E-state index contributed by atoms with van der Waals surface area (Å²) in [6, 6.07) is 5.07. The van der Waals surface area contributed by atoms with E-state index in [1.807, 2.05) is 6.07 Å². The lowest BCUT2D eigenvalue weighted by Gasteiger charge is -1.86. The summed E-state index contributed by atoms with van der Waals surface area (Å²) in [5.74, 6) is 0. The minimum Gasteiger partial charge on any atom is -0.304 e. The van der Waals surface area contributed by atoms with Crippen LogP contribution >= 0.6 is 0 Å². The number of hydrogen-bond acceptors (Lipinski definition) is 3. The monoisotopic (exact) mass is 160 g/mol. The SMILES string of the molecule is N#Cc1ccc2[nH]c(=O)[nH]c2n1. The second-order valence-corrected chi connectivity index (χ2v) is 2.28. The Morgan fingerprint density at radius 2 is 2.25 bits per heavy atom. The number of nitrogens with zero attached hydrogens (tertiary/aromatic N) is 2. The van der Waals surface area contributed by atoms with Gasteiger partial charge in [0.25, 0.3) is 0 Å². The third kappa shape index (κ3) is 0.864. The Morgan fingerprint density at radius 3 is 3.00 bits per heavy atom. The molecule has 2 rings (SSSR count). The van der Waals surface area contributed by atoms with Crippen molar-refractivity contribution in [3.63, 3.8) is 0 Å². The van der Waals surface area contributed by atoms with Crippen molar-refractivity contribution >= 4 is 11.2 Å². The van der Waals surface area contributed by atoms with E-state index in [2.05, 4.69) is 15.0 Å². The lowest BCUT2D eigenvalue weighted by Crippen LogP contribution is -1.99. The molecule has 2 aromatic rings. The Bertz CT molecular complexity index is 516. The molecule has 0 amide bonds. The first-order valence-electron chi connectivity index (χ1n) is 3.29. The molecule has 58 valence electrons. The van der Waals surface area contributed by atoms with Crippen molar-refractivity contribution in [2.75, 3.05) is 0 Å². The van der Waals surface area contributed by atoms with Crippen LogP contribution in [0.15, 0.2) is 16.9 Å². The zero-order chi connectivity index (χ0) is 8.55. The highest BCUT2D eigenvalue weighted by Gasteiger charge is 1.99. The molecule has 0 aromatic carbocycles. The summed E-state index contributed by atoms with van der Waals surface area (Å²) < 4.78 is 0. The zero-order valence-corrected chi connectivity index (χ0v) is 5.96. The van der Waals surface area contributed by atoms with Crippen LogP contribution in [0, 0.1) is 11.3 Å². The van der Waals surface area contributed by atoms with Crippen molar-refractivity contribution in [1.82, 2.24) is 15.0 Å². The average molecular weight is 160 g/mol. The van der Waals surface area contributed by atoms with Crippen LogP contribution in [0.1, 0.15) is 5.69 Å².